The van der Waals surface area contributed by atoms with E-state index in [0.717, 1.165) is 41.8 Å². The Bertz CT molecular complexity index is 1230. The van der Waals surface area contributed by atoms with Crippen molar-refractivity contribution in [3.05, 3.63) is 57.4 Å². The number of nitrogens with one attached hydrogen (secondary N) is 1. The smallest absolute Gasteiger partial charge is 0.273 e. The second-order valence-corrected chi connectivity index (χ2v) is 13.7. The average Bonchev–Trinajstić information content (AvgIpc) is 3.20. The van der Waals surface area contributed by atoms with Gasteiger partial charge in [-0.25, -0.2) is 13.4 Å². The topological polar surface area (TPSA) is 65.5 Å². The number of anilines is 2. The maximum Gasteiger partial charge on any atom is 0.273 e. The fraction of sp³-hybridized carbons (Fsp3) is 0.480. The Morgan fingerprint density at radius 3 is 2.71 bits per heavy atom. The number of hydrogen-bond acceptors (Lipinski definition) is 7. The Morgan fingerprint density at radius 2 is 2.03 bits per heavy atom. The summed E-state index contributed by atoms with van der Waals surface area (Å²) in [5.41, 5.74) is 2.76. The van der Waals surface area contributed by atoms with Crippen LogP contribution in [0.3, 0.4) is 0 Å². The van der Waals surface area contributed by atoms with Gasteiger partial charge in [0.1, 0.15) is 9.22 Å². The minimum Gasteiger partial charge on any atom is -0.374 e. The molecule has 1 N–H and O–H groups in total. The van der Waals surface area contributed by atoms with Crippen molar-refractivity contribution >= 4 is 44.1 Å². The zero-order chi connectivity index (χ0) is 23.9. The summed E-state index contributed by atoms with van der Waals surface area (Å²) in [5.74, 6) is 0.657. The minimum atomic E-state index is -3.59. The number of thiazole rings is 1. The van der Waals surface area contributed by atoms with Gasteiger partial charge in [0.05, 0.1) is 17.4 Å². The molecular weight excluding hydrogens is 485 g/mol. The van der Waals surface area contributed by atoms with Crippen molar-refractivity contribution in [3.8, 4) is 0 Å². The van der Waals surface area contributed by atoms with E-state index in [9.17, 15) is 8.42 Å². The van der Waals surface area contributed by atoms with E-state index in [1.165, 1.54) is 33.4 Å². The molecule has 3 aromatic rings. The molecule has 1 atom stereocenters. The van der Waals surface area contributed by atoms with E-state index in [4.69, 9.17) is 4.98 Å². The lowest BCUT2D eigenvalue weighted by Crippen LogP contribution is -2.30. The molecule has 0 radical (unpaired) electrons. The molecule has 0 bridgehead atoms. The van der Waals surface area contributed by atoms with Crippen LogP contribution in [0.5, 0.6) is 0 Å². The van der Waals surface area contributed by atoms with Gasteiger partial charge in [0.25, 0.3) is 10.0 Å². The quantitative estimate of drug-likeness (QED) is 0.372. The highest BCUT2D eigenvalue weighted by Gasteiger charge is 2.33. The third-order valence-corrected chi connectivity index (χ3v) is 10.7. The van der Waals surface area contributed by atoms with E-state index in [2.05, 4.69) is 30.1 Å². The highest BCUT2D eigenvalue weighted by atomic mass is 32.2. The largest absolute Gasteiger partial charge is 0.374 e. The Hall–Kier alpha value is -1.94. The number of para-hydroxylation sites is 1. The van der Waals surface area contributed by atoms with Crippen LogP contribution in [-0.2, 0) is 23.0 Å². The summed E-state index contributed by atoms with van der Waals surface area (Å²) in [5, 5.41) is 6.49. The molecule has 9 heteroatoms. The fourth-order valence-electron chi connectivity index (χ4n) is 4.72. The van der Waals surface area contributed by atoms with Gasteiger partial charge in [-0.1, -0.05) is 32.0 Å². The second-order valence-electron chi connectivity index (χ2n) is 9.53. The monoisotopic (exact) mass is 516 g/mol. The minimum absolute atomic E-state index is 0.0671. The highest BCUT2D eigenvalue weighted by Crippen LogP contribution is 2.43. The van der Waals surface area contributed by atoms with Gasteiger partial charge in [-0.3, -0.25) is 9.21 Å². The first-order valence-corrected chi connectivity index (χ1v) is 15.1. The van der Waals surface area contributed by atoms with Gasteiger partial charge < -0.3 is 5.32 Å². The van der Waals surface area contributed by atoms with Crippen molar-refractivity contribution in [1.82, 2.24) is 9.88 Å². The number of hydrogen-bond donors (Lipinski definition) is 1. The van der Waals surface area contributed by atoms with Crippen molar-refractivity contribution in [2.24, 2.45) is 5.92 Å². The number of aromatic nitrogens is 1. The van der Waals surface area contributed by atoms with Crippen molar-refractivity contribution in [1.29, 1.82) is 0 Å². The summed E-state index contributed by atoms with van der Waals surface area (Å²) in [6, 6.07) is 10.2. The fourth-order valence-corrected chi connectivity index (χ4v) is 8.31. The average molecular weight is 517 g/mol. The Labute approximate surface area is 210 Å². The van der Waals surface area contributed by atoms with E-state index >= 15 is 0 Å². The molecule has 34 heavy (non-hydrogen) atoms. The normalized spacial score (nSPS) is 17.9. The van der Waals surface area contributed by atoms with Gasteiger partial charge in [0.2, 0.25) is 0 Å². The van der Waals surface area contributed by atoms with Gasteiger partial charge in [-0.2, -0.15) is 0 Å². The van der Waals surface area contributed by atoms with Gasteiger partial charge in [-0.05, 0) is 48.8 Å². The summed E-state index contributed by atoms with van der Waals surface area (Å²) >= 11 is 3.03. The molecule has 182 valence electrons. The molecule has 6 nitrogen and oxygen atoms in total. The highest BCUT2D eigenvalue weighted by molar-refractivity contribution is 7.94. The molecule has 1 unspecified atom stereocenters. The van der Waals surface area contributed by atoms with Crippen LogP contribution in [-0.4, -0.2) is 37.4 Å². The van der Waals surface area contributed by atoms with Crippen LogP contribution in [0.1, 0.15) is 55.1 Å². The lowest BCUT2D eigenvalue weighted by molar-refractivity contribution is 0.228. The number of fused-ring (bicyclic) bond motifs is 1. The molecule has 1 aliphatic carbocycles. The van der Waals surface area contributed by atoms with Gasteiger partial charge in [0.15, 0.2) is 0 Å². The zero-order valence-corrected chi connectivity index (χ0v) is 22.3. The molecule has 2 aliphatic rings. The zero-order valence-electron chi connectivity index (χ0n) is 19.9. The lowest BCUT2D eigenvalue weighted by Gasteiger charge is -2.24. The number of benzene rings is 1. The van der Waals surface area contributed by atoms with Crippen molar-refractivity contribution in [3.63, 3.8) is 0 Å². The predicted molar refractivity (Wildman–Crippen MR) is 141 cm³/mol. The van der Waals surface area contributed by atoms with Crippen molar-refractivity contribution in [2.75, 3.05) is 22.7 Å². The summed E-state index contributed by atoms with van der Waals surface area (Å²) in [4.78, 5) is 8.68. The Kier molecular flexibility index (Phi) is 6.72. The molecular formula is C25H32N4O2S3. The van der Waals surface area contributed by atoms with Crippen LogP contribution in [0.2, 0.25) is 0 Å². The molecule has 1 aromatic carbocycles. The summed E-state index contributed by atoms with van der Waals surface area (Å²) in [7, 11) is -3.59. The molecule has 5 rings (SSSR count). The SMILES string of the molecule is CCN(c1cccc2c1NC(c1ncc(CN(CC(C)C)C3CC3)s1)C2)S(=O)(=O)c1cccs1. The number of nitrogens with zero attached hydrogens (tertiary/aromatic N) is 3. The van der Waals surface area contributed by atoms with E-state index in [1.807, 2.05) is 25.3 Å². The lowest BCUT2D eigenvalue weighted by atomic mass is 10.1. The van der Waals surface area contributed by atoms with Crippen LogP contribution < -0.4 is 9.62 Å². The summed E-state index contributed by atoms with van der Waals surface area (Å²) < 4.78 is 28.5. The maximum atomic E-state index is 13.3. The number of rotatable bonds is 10. The van der Waals surface area contributed by atoms with Crippen molar-refractivity contribution in [2.45, 2.75) is 62.9 Å². The van der Waals surface area contributed by atoms with E-state index < -0.39 is 10.0 Å². The van der Waals surface area contributed by atoms with Crippen LogP contribution in [0.25, 0.3) is 0 Å². The van der Waals surface area contributed by atoms with Crippen LogP contribution in [0, 0.1) is 5.92 Å². The molecule has 3 heterocycles. The van der Waals surface area contributed by atoms with Crippen LogP contribution >= 0.6 is 22.7 Å². The first-order valence-electron chi connectivity index (χ1n) is 12.0. The van der Waals surface area contributed by atoms with Gasteiger partial charge in [-0.15, -0.1) is 22.7 Å². The van der Waals surface area contributed by atoms with Gasteiger partial charge >= 0.3 is 0 Å². The molecule has 1 fully saturated rings. The molecule has 2 aromatic heterocycles. The van der Waals surface area contributed by atoms with Crippen LogP contribution in [0.4, 0.5) is 11.4 Å². The Morgan fingerprint density at radius 1 is 1.21 bits per heavy atom. The summed E-state index contributed by atoms with van der Waals surface area (Å²) in [6.07, 6.45) is 5.46. The first-order chi connectivity index (χ1) is 16.4. The van der Waals surface area contributed by atoms with E-state index in [1.54, 1.807) is 28.8 Å². The van der Waals surface area contributed by atoms with E-state index in [-0.39, 0.29) is 6.04 Å². The summed E-state index contributed by atoms with van der Waals surface area (Å²) in [6.45, 7) is 8.91. The maximum absolute atomic E-state index is 13.3. The first kappa shape index (κ1) is 23.8. The Balaban J connectivity index is 1.36. The molecule has 1 aliphatic heterocycles. The molecule has 0 amide bonds. The number of thiophene rings is 1. The van der Waals surface area contributed by atoms with E-state index in [0.29, 0.717) is 22.4 Å². The van der Waals surface area contributed by atoms with Crippen LogP contribution in [0.15, 0.2) is 46.1 Å². The van der Waals surface area contributed by atoms with Crippen molar-refractivity contribution < 1.29 is 8.42 Å². The third kappa shape index (κ3) is 4.76. The third-order valence-electron chi connectivity index (χ3n) is 6.36. The molecule has 0 spiro atoms. The predicted octanol–water partition coefficient (Wildman–Crippen LogP) is 5.75. The molecule has 1 saturated carbocycles. The second kappa shape index (κ2) is 9.60. The standard InChI is InChI=1S/C25H32N4O2S3/c1-4-29(34(30,31)23-9-6-12-32-23)22-8-5-7-18-13-21(27-24(18)22)25-26-14-20(33-25)16-28(15-17(2)3)19-10-11-19/h5-9,12,14,17,19,21,27H,4,10-11,13,15-16H2,1-3H3. The molecule has 0 saturated heterocycles. The van der Waals surface area contributed by atoms with Gasteiger partial charge in [0, 0.05) is 43.2 Å². The number of sulfonamides is 1.